The minimum absolute atomic E-state index is 0.114. The van der Waals surface area contributed by atoms with Gasteiger partial charge in [0, 0.05) is 16.6 Å². The van der Waals surface area contributed by atoms with Crippen molar-refractivity contribution in [2.24, 2.45) is 0 Å². The van der Waals surface area contributed by atoms with E-state index in [4.69, 9.17) is 4.42 Å². The molecule has 0 fully saturated rings. The minimum Gasteiger partial charge on any atom is -0.451 e. The fourth-order valence-electron chi connectivity index (χ4n) is 2.44. The molecule has 1 amide bonds. The highest BCUT2D eigenvalue weighted by Gasteiger charge is 2.14. The van der Waals surface area contributed by atoms with Crippen molar-refractivity contribution in [3.8, 4) is 0 Å². The molecule has 2 aromatic carbocycles. The molecule has 0 aliphatic rings. The van der Waals surface area contributed by atoms with E-state index >= 15 is 0 Å². The van der Waals surface area contributed by atoms with Crippen LogP contribution in [0.5, 0.6) is 0 Å². The summed E-state index contributed by atoms with van der Waals surface area (Å²) < 4.78 is 30.2. The molecule has 3 rings (SSSR count). The predicted molar refractivity (Wildman–Crippen MR) is 98.2 cm³/mol. The van der Waals surface area contributed by atoms with E-state index in [0.29, 0.717) is 33.3 Å². The summed E-state index contributed by atoms with van der Waals surface area (Å²) in [6.07, 6.45) is 0. The number of hydrogen-bond acceptors (Lipinski definition) is 4. The van der Waals surface area contributed by atoms with Gasteiger partial charge in [0.1, 0.15) is 5.58 Å². The summed E-state index contributed by atoms with van der Waals surface area (Å²) >= 11 is 0.422. The fraction of sp³-hybridized carbons (Fsp3) is 0.158. The Balaban J connectivity index is 1.86. The zero-order valence-corrected chi connectivity index (χ0v) is 14.8. The number of thioether (sulfide) groups is 1. The Labute approximate surface area is 152 Å². The summed E-state index contributed by atoms with van der Waals surface area (Å²) in [6.45, 7) is 3.78. The predicted octanol–water partition coefficient (Wildman–Crippen LogP) is 4.98. The van der Waals surface area contributed by atoms with Gasteiger partial charge in [0.05, 0.1) is 5.39 Å². The van der Waals surface area contributed by atoms with Crippen LogP contribution in [-0.4, -0.2) is 11.7 Å². The molecular formula is C19H15F2NO3S. The van der Waals surface area contributed by atoms with Crippen LogP contribution in [0.3, 0.4) is 0 Å². The number of rotatable bonds is 4. The molecular weight excluding hydrogens is 360 g/mol. The first kappa shape index (κ1) is 18.1. The number of carbonyl (C=O) groups is 1. The van der Waals surface area contributed by atoms with Gasteiger partial charge in [-0.15, -0.1) is 0 Å². The van der Waals surface area contributed by atoms with Crippen molar-refractivity contribution >= 4 is 34.3 Å². The van der Waals surface area contributed by atoms with E-state index < -0.39 is 11.7 Å². The molecule has 0 unspecified atom stereocenters. The summed E-state index contributed by atoms with van der Waals surface area (Å²) in [5.41, 5.74) is 2.36. The van der Waals surface area contributed by atoms with Crippen LogP contribution in [0.2, 0.25) is 0 Å². The first-order valence-corrected chi connectivity index (χ1v) is 8.63. The second-order valence-corrected chi connectivity index (χ2v) is 6.83. The van der Waals surface area contributed by atoms with E-state index in [2.05, 4.69) is 5.32 Å². The summed E-state index contributed by atoms with van der Waals surface area (Å²) in [7, 11) is 0. The highest BCUT2D eigenvalue weighted by Crippen LogP contribution is 2.26. The van der Waals surface area contributed by atoms with Crippen molar-refractivity contribution in [1.82, 2.24) is 0 Å². The third kappa shape index (κ3) is 3.94. The second-order valence-electron chi connectivity index (χ2n) is 5.76. The molecule has 1 heterocycles. The van der Waals surface area contributed by atoms with Gasteiger partial charge in [0.15, 0.2) is 11.2 Å². The molecule has 7 heteroatoms. The maximum absolute atomic E-state index is 12.4. The first-order valence-electron chi connectivity index (χ1n) is 7.75. The van der Waals surface area contributed by atoms with E-state index in [9.17, 15) is 18.4 Å². The van der Waals surface area contributed by atoms with Crippen LogP contribution in [0.25, 0.3) is 11.0 Å². The van der Waals surface area contributed by atoms with E-state index in [-0.39, 0.29) is 11.2 Å². The maximum Gasteiger partial charge on any atom is 0.291 e. The summed E-state index contributed by atoms with van der Waals surface area (Å²) in [4.78, 5) is 25.0. The number of anilines is 1. The number of aryl methyl sites for hydroxylation is 2. The van der Waals surface area contributed by atoms with Gasteiger partial charge in [-0.2, -0.15) is 8.78 Å². The number of halogens is 2. The molecule has 0 radical (unpaired) electrons. The number of nitrogens with one attached hydrogen (secondary N) is 1. The second kappa shape index (κ2) is 7.29. The number of amides is 1. The van der Waals surface area contributed by atoms with Crippen LogP contribution in [0.4, 0.5) is 14.5 Å². The Morgan fingerprint density at radius 1 is 1.08 bits per heavy atom. The maximum atomic E-state index is 12.4. The van der Waals surface area contributed by atoms with E-state index in [1.54, 1.807) is 12.1 Å². The van der Waals surface area contributed by atoms with Crippen LogP contribution in [0.1, 0.15) is 21.7 Å². The molecule has 0 spiro atoms. The zero-order valence-electron chi connectivity index (χ0n) is 14.0. The average Bonchev–Trinajstić information content (AvgIpc) is 2.58. The van der Waals surface area contributed by atoms with E-state index in [0.717, 1.165) is 17.2 Å². The highest BCUT2D eigenvalue weighted by atomic mass is 32.2. The molecule has 1 aromatic heterocycles. The molecule has 0 aliphatic carbocycles. The van der Waals surface area contributed by atoms with Gasteiger partial charge in [-0.05, 0) is 61.4 Å². The molecule has 1 N–H and O–H groups in total. The SMILES string of the molecule is Cc1cc2oc(C(=O)Nc3ccc(SC(F)F)cc3)cc(=O)c2cc1C. The Morgan fingerprint density at radius 3 is 2.38 bits per heavy atom. The number of benzene rings is 2. The van der Waals surface area contributed by atoms with E-state index in [1.165, 1.54) is 24.3 Å². The molecule has 0 atom stereocenters. The summed E-state index contributed by atoms with van der Waals surface area (Å²) in [5, 5.41) is 3.00. The fourth-order valence-corrected chi connectivity index (χ4v) is 2.93. The lowest BCUT2D eigenvalue weighted by atomic mass is 10.1. The topological polar surface area (TPSA) is 59.3 Å². The Kier molecular flexibility index (Phi) is 5.08. The molecule has 3 aromatic rings. The number of fused-ring (bicyclic) bond motifs is 1. The minimum atomic E-state index is -2.51. The van der Waals surface area contributed by atoms with Crippen LogP contribution in [0, 0.1) is 13.8 Å². The number of carbonyl (C=O) groups excluding carboxylic acids is 1. The van der Waals surface area contributed by atoms with Crippen molar-refractivity contribution in [1.29, 1.82) is 0 Å². The number of hydrogen-bond donors (Lipinski definition) is 1. The van der Waals surface area contributed by atoms with Crippen molar-refractivity contribution in [3.05, 3.63) is 69.6 Å². The van der Waals surface area contributed by atoms with Gasteiger partial charge < -0.3 is 9.73 Å². The standard InChI is InChI=1S/C19H15F2NO3S/c1-10-7-14-15(23)9-17(25-16(14)8-11(10)2)18(24)22-12-3-5-13(6-4-12)26-19(20)21/h3-9,19H,1-2H3,(H,22,24). The summed E-state index contributed by atoms with van der Waals surface area (Å²) in [6, 6.07) is 10.6. The lowest BCUT2D eigenvalue weighted by Crippen LogP contribution is -2.15. The normalized spacial score (nSPS) is 11.1. The molecule has 134 valence electrons. The van der Waals surface area contributed by atoms with Crippen LogP contribution < -0.4 is 10.7 Å². The highest BCUT2D eigenvalue weighted by molar-refractivity contribution is 7.99. The van der Waals surface area contributed by atoms with Gasteiger partial charge in [-0.25, -0.2) is 0 Å². The molecule has 0 aliphatic heterocycles. The van der Waals surface area contributed by atoms with Gasteiger partial charge in [0.2, 0.25) is 0 Å². The Morgan fingerprint density at radius 2 is 1.73 bits per heavy atom. The lowest BCUT2D eigenvalue weighted by Gasteiger charge is -2.08. The van der Waals surface area contributed by atoms with Crippen molar-refractivity contribution in [2.75, 3.05) is 5.32 Å². The van der Waals surface area contributed by atoms with Gasteiger partial charge in [-0.1, -0.05) is 11.8 Å². The third-order valence-electron chi connectivity index (χ3n) is 3.90. The van der Waals surface area contributed by atoms with Gasteiger partial charge in [-0.3, -0.25) is 9.59 Å². The molecule has 4 nitrogen and oxygen atoms in total. The third-order valence-corrected chi connectivity index (χ3v) is 4.63. The quantitative estimate of drug-likeness (QED) is 0.654. The van der Waals surface area contributed by atoms with Crippen molar-refractivity contribution < 1.29 is 18.0 Å². The van der Waals surface area contributed by atoms with Crippen LogP contribution in [-0.2, 0) is 0 Å². The largest absolute Gasteiger partial charge is 0.451 e. The van der Waals surface area contributed by atoms with Crippen molar-refractivity contribution in [3.63, 3.8) is 0 Å². The molecule has 0 saturated carbocycles. The van der Waals surface area contributed by atoms with Gasteiger partial charge in [0.25, 0.3) is 11.7 Å². The number of alkyl halides is 2. The van der Waals surface area contributed by atoms with E-state index in [1.807, 2.05) is 13.8 Å². The Hall–Kier alpha value is -2.67. The van der Waals surface area contributed by atoms with Crippen molar-refractivity contribution in [2.45, 2.75) is 24.5 Å². The lowest BCUT2D eigenvalue weighted by molar-refractivity contribution is 0.0997. The monoisotopic (exact) mass is 375 g/mol. The van der Waals surface area contributed by atoms with Crippen LogP contribution >= 0.6 is 11.8 Å². The first-order chi connectivity index (χ1) is 12.3. The van der Waals surface area contributed by atoms with Crippen LogP contribution in [0.15, 0.2) is 56.6 Å². The Bertz CT molecular complexity index is 1030. The summed E-state index contributed by atoms with van der Waals surface area (Å²) in [5.74, 6) is -3.21. The van der Waals surface area contributed by atoms with Gasteiger partial charge >= 0.3 is 0 Å². The zero-order chi connectivity index (χ0) is 18.8. The smallest absolute Gasteiger partial charge is 0.291 e. The molecule has 0 saturated heterocycles. The molecule has 0 bridgehead atoms. The molecule has 26 heavy (non-hydrogen) atoms. The average molecular weight is 375 g/mol.